The first kappa shape index (κ1) is 18.9. The lowest BCUT2D eigenvalue weighted by atomic mass is 9.91. The van der Waals surface area contributed by atoms with E-state index in [0.717, 1.165) is 38.9 Å². The Bertz CT molecular complexity index is 650. The predicted molar refractivity (Wildman–Crippen MR) is 104 cm³/mol. The van der Waals surface area contributed by atoms with Crippen molar-refractivity contribution in [2.24, 2.45) is 17.8 Å². The second-order valence-corrected chi connectivity index (χ2v) is 8.27. The van der Waals surface area contributed by atoms with Gasteiger partial charge in [-0.05, 0) is 56.7 Å². The van der Waals surface area contributed by atoms with Gasteiger partial charge in [0, 0.05) is 25.0 Å². The molecule has 1 aromatic rings. The Morgan fingerprint density at radius 3 is 2.46 bits per heavy atom. The van der Waals surface area contributed by atoms with Crippen LogP contribution in [0.1, 0.15) is 50.4 Å². The number of hydrogen-bond donors (Lipinski definition) is 2. The molecule has 2 aliphatic rings. The minimum absolute atomic E-state index is 0.00411. The van der Waals surface area contributed by atoms with Crippen molar-refractivity contribution in [3.8, 4) is 0 Å². The number of benzene rings is 1. The lowest BCUT2D eigenvalue weighted by Gasteiger charge is -2.35. The Morgan fingerprint density at radius 2 is 1.77 bits per heavy atom. The highest BCUT2D eigenvalue weighted by Crippen LogP contribution is 2.26. The number of nitrogens with zero attached hydrogens (tertiary/aromatic N) is 1. The van der Waals surface area contributed by atoms with Gasteiger partial charge in [0.2, 0.25) is 5.91 Å². The van der Waals surface area contributed by atoms with E-state index in [1.807, 2.05) is 29.2 Å². The second-order valence-electron chi connectivity index (χ2n) is 8.27. The summed E-state index contributed by atoms with van der Waals surface area (Å²) in [5, 5.41) is 6.40. The summed E-state index contributed by atoms with van der Waals surface area (Å²) in [6.45, 7) is 8.94. The molecule has 2 N–H and O–H groups in total. The molecule has 5 heteroatoms. The molecule has 2 fully saturated rings. The SMILES string of the molecule is CC1CC(C)CN(C(=O)c2ccccc2NC(=O)[C@H]2CCN[C@@H](C)C2)C1. The lowest BCUT2D eigenvalue weighted by molar-refractivity contribution is -0.120. The van der Waals surface area contributed by atoms with E-state index in [1.165, 1.54) is 0 Å². The number of nitrogens with one attached hydrogen (secondary N) is 2. The Balaban J connectivity index is 1.73. The van der Waals surface area contributed by atoms with Crippen LogP contribution >= 0.6 is 0 Å². The molecule has 26 heavy (non-hydrogen) atoms. The van der Waals surface area contributed by atoms with Crippen LogP contribution in [-0.4, -0.2) is 42.4 Å². The van der Waals surface area contributed by atoms with Gasteiger partial charge in [0.25, 0.3) is 5.91 Å². The summed E-state index contributed by atoms with van der Waals surface area (Å²) < 4.78 is 0. The van der Waals surface area contributed by atoms with E-state index >= 15 is 0 Å². The number of anilines is 1. The highest BCUT2D eigenvalue weighted by atomic mass is 16.2. The monoisotopic (exact) mass is 357 g/mol. The first-order valence-electron chi connectivity index (χ1n) is 9.86. The molecule has 0 saturated carbocycles. The minimum atomic E-state index is 0.00411. The fraction of sp³-hybridized carbons (Fsp3) is 0.619. The molecular formula is C21H31N3O2. The Hall–Kier alpha value is -1.88. The molecule has 2 aliphatic heterocycles. The quantitative estimate of drug-likeness (QED) is 0.874. The number of amides is 2. The minimum Gasteiger partial charge on any atom is -0.338 e. The number of carbonyl (C=O) groups excluding carboxylic acids is 2. The van der Waals surface area contributed by atoms with E-state index in [2.05, 4.69) is 31.4 Å². The van der Waals surface area contributed by atoms with Gasteiger partial charge < -0.3 is 15.5 Å². The van der Waals surface area contributed by atoms with Crippen LogP contribution in [-0.2, 0) is 4.79 Å². The predicted octanol–water partition coefficient (Wildman–Crippen LogP) is 3.13. The van der Waals surface area contributed by atoms with Crippen molar-refractivity contribution in [3.05, 3.63) is 29.8 Å². The summed E-state index contributed by atoms with van der Waals surface area (Å²) in [5.74, 6) is 1.09. The Kier molecular flexibility index (Phi) is 5.97. The molecular weight excluding hydrogens is 326 g/mol. The number of carbonyl (C=O) groups is 2. The molecule has 0 bridgehead atoms. The third-order valence-electron chi connectivity index (χ3n) is 5.57. The number of rotatable bonds is 3. The molecule has 2 unspecified atom stereocenters. The topological polar surface area (TPSA) is 61.4 Å². The molecule has 142 valence electrons. The zero-order valence-electron chi connectivity index (χ0n) is 16.1. The maximum absolute atomic E-state index is 13.1. The number of likely N-dealkylation sites (tertiary alicyclic amines) is 1. The molecule has 4 atom stereocenters. The average Bonchev–Trinajstić information content (AvgIpc) is 2.61. The van der Waals surface area contributed by atoms with Gasteiger partial charge in [0.15, 0.2) is 0 Å². The molecule has 0 spiro atoms. The van der Waals surface area contributed by atoms with Gasteiger partial charge in [-0.15, -0.1) is 0 Å². The zero-order chi connectivity index (χ0) is 18.7. The number of hydrogen-bond acceptors (Lipinski definition) is 3. The van der Waals surface area contributed by atoms with Crippen molar-refractivity contribution >= 4 is 17.5 Å². The maximum atomic E-state index is 13.1. The van der Waals surface area contributed by atoms with E-state index < -0.39 is 0 Å². The summed E-state index contributed by atoms with van der Waals surface area (Å²) in [5.41, 5.74) is 1.24. The van der Waals surface area contributed by atoms with Crippen molar-refractivity contribution in [1.29, 1.82) is 0 Å². The maximum Gasteiger partial charge on any atom is 0.255 e. The highest BCUT2D eigenvalue weighted by Gasteiger charge is 2.29. The molecule has 2 heterocycles. The fourth-order valence-electron chi connectivity index (χ4n) is 4.38. The van der Waals surface area contributed by atoms with Crippen LogP contribution in [0.25, 0.3) is 0 Å². The lowest BCUT2D eigenvalue weighted by Crippen LogP contribution is -2.43. The van der Waals surface area contributed by atoms with Crippen LogP contribution in [0.2, 0.25) is 0 Å². The van der Waals surface area contributed by atoms with Gasteiger partial charge in [-0.3, -0.25) is 9.59 Å². The van der Waals surface area contributed by atoms with Gasteiger partial charge in [-0.25, -0.2) is 0 Å². The zero-order valence-corrected chi connectivity index (χ0v) is 16.1. The largest absolute Gasteiger partial charge is 0.338 e. The van der Waals surface area contributed by atoms with Crippen molar-refractivity contribution < 1.29 is 9.59 Å². The summed E-state index contributed by atoms with van der Waals surface area (Å²) in [6, 6.07) is 7.76. The third-order valence-corrected chi connectivity index (χ3v) is 5.57. The van der Waals surface area contributed by atoms with Crippen LogP contribution in [0, 0.1) is 17.8 Å². The van der Waals surface area contributed by atoms with Crippen LogP contribution < -0.4 is 10.6 Å². The van der Waals surface area contributed by atoms with Crippen molar-refractivity contribution in [1.82, 2.24) is 10.2 Å². The van der Waals surface area contributed by atoms with Crippen LogP contribution in [0.3, 0.4) is 0 Å². The first-order valence-corrected chi connectivity index (χ1v) is 9.86. The van der Waals surface area contributed by atoms with E-state index in [4.69, 9.17) is 0 Å². The van der Waals surface area contributed by atoms with Crippen LogP contribution in [0.5, 0.6) is 0 Å². The molecule has 1 aromatic carbocycles. The number of piperidine rings is 2. The normalized spacial score (nSPS) is 29.3. The van der Waals surface area contributed by atoms with Crippen molar-refractivity contribution in [2.45, 2.75) is 46.1 Å². The van der Waals surface area contributed by atoms with Crippen LogP contribution in [0.15, 0.2) is 24.3 Å². The van der Waals surface area contributed by atoms with Gasteiger partial charge >= 0.3 is 0 Å². The average molecular weight is 357 g/mol. The molecule has 0 aliphatic carbocycles. The molecule has 2 amide bonds. The van der Waals surface area contributed by atoms with E-state index in [9.17, 15) is 9.59 Å². The van der Waals surface area contributed by atoms with Gasteiger partial charge in [0.1, 0.15) is 0 Å². The van der Waals surface area contributed by atoms with Crippen LogP contribution in [0.4, 0.5) is 5.69 Å². The summed E-state index contributed by atoms with van der Waals surface area (Å²) in [4.78, 5) is 27.7. The third kappa shape index (κ3) is 4.44. The smallest absolute Gasteiger partial charge is 0.255 e. The molecule has 0 radical (unpaired) electrons. The van der Waals surface area contributed by atoms with Crippen molar-refractivity contribution in [3.63, 3.8) is 0 Å². The standard InChI is InChI=1S/C21H31N3O2/c1-14-10-15(2)13-24(12-14)21(26)18-6-4-5-7-19(18)23-20(25)17-8-9-22-16(3)11-17/h4-7,14-17,22H,8-13H2,1-3H3,(H,23,25)/t14?,15?,16-,17-/m0/s1. The Labute approximate surface area is 156 Å². The molecule has 2 saturated heterocycles. The van der Waals surface area contributed by atoms with Gasteiger partial charge in [-0.2, -0.15) is 0 Å². The van der Waals surface area contributed by atoms with Gasteiger partial charge in [0.05, 0.1) is 11.3 Å². The van der Waals surface area contributed by atoms with E-state index in [0.29, 0.717) is 29.1 Å². The molecule has 3 rings (SSSR count). The summed E-state index contributed by atoms with van der Waals surface area (Å²) >= 11 is 0. The molecule has 0 aromatic heterocycles. The first-order chi connectivity index (χ1) is 12.4. The number of para-hydroxylation sites is 1. The van der Waals surface area contributed by atoms with Gasteiger partial charge in [-0.1, -0.05) is 26.0 Å². The fourth-order valence-corrected chi connectivity index (χ4v) is 4.38. The van der Waals surface area contributed by atoms with Crippen molar-refractivity contribution in [2.75, 3.05) is 25.0 Å². The molecule has 5 nitrogen and oxygen atoms in total. The summed E-state index contributed by atoms with van der Waals surface area (Å²) in [7, 11) is 0. The van der Waals surface area contributed by atoms with E-state index in [-0.39, 0.29) is 17.7 Å². The Morgan fingerprint density at radius 1 is 1.08 bits per heavy atom. The second kappa shape index (κ2) is 8.21. The highest BCUT2D eigenvalue weighted by molar-refractivity contribution is 6.04. The summed E-state index contributed by atoms with van der Waals surface area (Å²) in [6.07, 6.45) is 2.84. The van der Waals surface area contributed by atoms with E-state index in [1.54, 1.807) is 0 Å².